The molecule has 0 spiro atoms. The highest BCUT2D eigenvalue weighted by molar-refractivity contribution is 7.89. The average molecular weight is 247 g/mol. The van der Waals surface area contributed by atoms with E-state index in [0.29, 0.717) is 19.4 Å². The van der Waals surface area contributed by atoms with Gasteiger partial charge in [-0.1, -0.05) is 0 Å². The van der Waals surface area contributed by atoms with E-state index in [9.17, 15) is 8.42 Å². The minimum Gasteiger partial charge on any atom is -0.393 e. The van der Waals surface area contributed by atoms with Gasteiger partial charge in [-0.15, -0.1) is 0 Å². The van der Waals surface area contributed by atoms with E-state index in [1.165, 1.54) is 12.5 Å². The van der Waals surface area contributed by atoms with Crippen LogP contribution in [0.1, 0.15) is 19.8 Å². The van der Waals surface area contributed by atoms with Gasteiger partial charge >= 0.3 is 0 Å². The van der Waals surface area contributed by atoms with Gasteiger partial charge < -0.3 is 9.67 Å². The first kappa shape index (κ1) is 13.1. The lowest BCUT2D eigenvalue weighted by molar-refractivity contribution is 0.182. The number of nitrogens with one attached hydrogen (secondary N) is 1. The average Bonchev–Trinajstić information content (AvgIpc) is 2.60. The molecule has 1 rings (SSSR count). The molecular weight excluding hydrogens is 230 g/mol. The molecule has 0 aromatic carbocycles. The summed E-state index contributed by atoms with van der Waals surface area (Å²) >= 11 is 0. The van der Waals surface area contributed by atoms with Crippen molar-refractivity contribution in [1.29, 1.82) is 0 Å². The minimum atomic E-state index is -3.50. The molecule has 1 atom stereocenters. The molecule has 1 aromatic rings. The molecule has 16 heavy (non-hydrogen) atoms. The Labute approximate surface area is 95.4 Å². The Morgan fingerprint density at radius 3 is 2.81 bits per heavy atom. The molecule has 0 aliphatic heterocycles. The molecule has 1 heterocycles. The summed E-state index contributed by atoms with van der Waals surface area (Å²) in [5, 5.41) is 9.03. The third-order valence-electron chi connectivity index (χ3n) is 2.05. The van der Waals surface area contributed by atoms with E-state index in [1.807, 2.05) is 0 Å². The number of rotatable bonds is 6. The van der Waals surface area contributed by atoms with Crippen LogP contribution in [0.15, 0.2) is 17.6 Å². The second-order valence-corrected chi connectivity index (χ2v) is 5.48. The molecular formula is C9H17N3O3S. The Bertz CT molecular complexity index is 425. The summed E-state index contributed by atoms with van der Waals surface area (Å²) in [5.74, 6) is 0. The van der Waals surface area contributed by atoms with Crippen LogP contribution in [0.3, 0.4) is 0 Å². The lowest BCUT2D eigenvalue weighted by atomic mass is 10.2. The highest BCUT2D eigenvalue weighted by atomic mass is 32.2. The van der Waals surface area contributed by atoms with Crippen molar-refractivity contribution < 1.29 is 13.5 Å². The van der Waals surface area contributed by atoms with Crippen LogP contribution in [0.5, 0.6) is 0 Å². The van der Waals surface area contributed by atoms with E-state index < -0.39 is 16.1 Å². The summed E-state index contributed by atoms with van der Waals surface area (Å²) in [5.41, 5.74) is 0. The number of aromatic nitrogens is 2. The van der Waals surface area contributed by atoms with Crippen molar-refractivity contribution in [3.8, 4) is 0 Å². The predicted octanol–water partition coefficient (Wildman–Crippen LogP) is -0.141. The van der Waals surface area contributed by atoms with Crippen LogP contribution in [0.2, 0.25) is 0 Å². The van der Waals surface area contributed by atoms with Gasteiger partial charge in [-0.2, -0.15) is 0 Å². The van der Waals surface area contributed by atoms with Crippen LogP contribution in [0.4, 0.5) is 0 Å². The zero-order chi connectivity index (χ0) is 12.2. The van der Waals surface area contributed by atoms with Crippen molar-refractivity contribution in [2.45, 2.75) is 30.9 Å². The minimum absolute atomic E-state index is 0.0204. The smallest absolute Gasteiger partial charge is 0.259 e. The number of aliphatic hydroxyl groups excluding tert-OH is 1. The lowest BCUT2D eigenvalue weighted by Crippen LogP contribution is -2.25. The van der Waals surface area contributed by atoms with Crippen molar-refractivity contribution in [3.05, 3.63) is 12.5 Å². The summed E-state index contributed by atoms with van der Waals surface area (Å²) < 4.78 is 27.3. The molecule has 1 aromatic heterocycles. The maximum atomic E-state index is 11.6. The molecule has 0 bridgehead atoms. The quantitative estimate of drug-likeness (QED) is 0.685. The van der Waals surface area contributed by atoms with Gasteiger partial charge in [-0.3, -0.25) is 0 Å². The maximum Gasteiger partial charge on any atom is 0.259 e. The topological polar surface area (TPSA) is 84.2 Å². The molecule has 7 heteroatoms. The number of hydrogen-bond acceptors (Lipinski definition) is 4. The van der Waals surface area contributed by atoms with Crippen LogP contribution >= 0.6 is 0 Å². The van der Waals surface area contributed by atoms with E-state index >= 15 is 0 Å². The number of sulfonamides is 1. The number of nitrogens with zero attached hydrogens (tertiary/aromatic N) is 2. The van der Waals surface area contributed by atoms with Crippen LogP contribution in [-0.2, 0) is 17.1 Å². The SMILES string of the molecule is CC(O)CCCNS(=O)(=O)c1cn(C)cn1. The van der Waals surface area contributed by atoms with Crippen molar-refractivity contribution in [1.82, 2.24) is 14.3 Å². The van der Waals surface area contributed by atoms with Crippen molar-refractivity contribution in [3.63, 3.8) is 0 Å². The zero-order valence-corrected chi connectivity index (χ0v) is 10.2. The number of hydrogen-bond donors (Lipinski definition) is 2. The van der Waals surface area contributed by atoms with Gasteiger partial charge in [0.1, 0.15) is 0 Å². The van der Waals surface area contributed by atoms with Gasteiger partial charge in [-0.05, 0) is 19.8 Å². The number of aryl methyl sites for hydroxylation is 1. The molecule has 0 saturated carbocycles. The second-order valence-electron chi connectivity index (χ2n) is 3.77. The number of imidazole rings is 1. The molecule has 0 aliphatic rings. The lowest BCUT2D eigenvalue weighted by Gasteiger charge is -2.05. The highest BCUT2D eigenvalue weighted by Gasteiger charge is 2.15. The fourth-order valence-electron chi connectivity index (χ4n) is 1.21. The fourth-order valence-corrected chi connectivity index (χ4v) is 2.26. The van der Waals surface area contributed by atoms with E-state index in [0.717, 1.165) is 0 Å². The van der Waals surface area contributed by atoms with Gasteiger partial charge in [0.15, 0.2) is 5.03 Å². The molecule has 0 fully saturated rings. The largest absolute Gasteiger partial charge is 0.393 e. The molecule has 0 saturated heterocycles. The van der Waals surface area contributed by atoms with Crippen molar-refractivity contribution in [2.75, 3.05) is 6.54 Å². The normalized spacial score (nSPS) is 13.9. The van der Waals surface area contributed by atoms with Gasteiger partial charge in [-0.25, -0.2) is 18.1 Å². The molecule has 92 valence electrons. The molecule has 0 radical (unpaired) electrons. The van der Waals surface area contributed by atoms with Crippen LogP contribution in [-0.4, -0.2) is 35.7 Å². The summed E-state index contributed by atoms with van der Waals surface area (Å²) in [4.78, 5) is 3.76. The maximum absolute atomic E-state index is 11.6. The van der Waals surface area contributed by atoms with Crippen LogP contribution in [0.25, 0.3) is 0 Å². The predicted molar refractivity (Wildman–Crippen MR) is 59.3 cm³/mol. The van der Waals surface area contributed by atoms with E-state index in [4.69, 9.17) is 5.11 Å². The zero-order valence-electron chi connectivity index (χ0n) is 9.42. The third-order valence-corrected chi connectivity index (χ3v) is 3.39. The summed E-state index contributed by atoms with van der Waals surface area (Å²) in [6.45, 7) is 1.98. The fraction of sp³-hybridized carbons (Fsp3) is 0.667. The van der Waals surface area contributed by atoms with Crippen molar-refractivity contribution in [2.24, 2.45) is 7.05 Å². The van der Waals surface area contributed by atoms with Gasteiger partial charge in [0.05, 0.1) is 12.4 Å². The monoisotopic (exact) mass is 247 g/mol. The van der Waals surface area contributed by atoms with Gasteiger partial charge in [0.2, 0.25) is 0 Å². The number of aliphatic hydroxyl groups is 1. The first-order chi connectivity index (χ1) is 7.42. The molecule has 6 nitrogen and oxygen atoms in total. The standard InChI is InChI=1S/C9H17N3O3S/c1-8(13)4-3-5-11-16(14,15)9-6-12(2)7-10-9/h6-8,11,13H,3-5H2,1-2H3. The van der Waals surface area contributed by atoms with Crippen LogP contribution in [0, 0.1) is 0 Å². The molecule has 2 N–H and O–H groups in total. The molecule has 0 aliphatic carbocycles. The first-order valence-electron chi connectivity index (χ1n) is 5.07. The Balaban J connectivity index is 2.47. The van der Waals surface area contributed by atoms with Gasteiger partial charge in [0, 0.05) is 19.8 Å². The van der Waals surface area contributed by atoms with E-state index in [-0.39, 0.29) is 5.03 Å². The first-order valence-corrected chi connectivity index (χ1v) is 6.56. The van der Waals surface area contributed by atoms with Crippen LogP contribution < -0.4 is 4.72 Å². The van der Waals surface area contributed by atoms with E-state index in [2.05, 4.69) is 9.71 Å². The Kier molecular flexibility index (Phi) is 4.45. The van der Waals surface area contributed by atoms with Crippen molar-refractivity contribution >= 4 is 10.0 Å². The Morgan fingerprint density at radius 2 is 2.31 bits per heavy atom. The van der Waals surface area contributed by atoms with Gasteiger partial charge in [0.25, 0.3) is 10.0 Å². The summed E-state index contributed by atoms with van der Waals surface area (Å²) in [6.07, 6.45) is 3.65. The second kappa shape index (κ2) is 5.42. The third kappa shape index (κ3) is 3.92. The Morgan fingerprint density at radius 1 is 1.62 bits per heavy atom. The molecule has 1 unspecified atom stereocenters. The summed E-state index contributed by atoms with van der Waals surface area (Å²) in [7, 11) is -1.79. The summed E-state index contributed by atoms with van der Waals surface area (Å²) in [6, 6.07) is 0. The highest BCUT2D eigenvalue weighted by Crippen LogP contribution is 2.04. The van der Waals surface area contributed by atoms with E-state index in [1.54, 1.807) is 18.5 Å². The molecule has 0 amide bonds. The Hall–Kier alpha value is -0.920.